The van der Waals surface area contributed by atoms with Gasteiger partial charge in [-0.2, -0.15) is 0 Å². The maximum absolute atomic E-state index is 11.1. The van der Waals surface area contributed by atoms with Crippen LogP contribution in [0.25, 0.3) is 0 Å². The molecule has 1 fully saturated rings. The van der Waals surface area contributed by atoms with E-state index < -0.39 is 0 Å². The summed E-state index contributed by atoms with van der Waals surface area (Å²) in [6.45, 7) is 4.33. The molecule has 0 radical (unpaired) electrons. The Morgan fingerprint density at radius 2 is 2.00 bits per heavy atom. The van der Waals surface area contributed by atoms with E-state index in [0.29, 0.717) is 17.9 Å². The fraction of sp³-hybridized carbons (Fsp3) is 0.900. The number of hydrogen-bond acceptors (Lipinski definition) is 1. The fourth-order valence-corrected chi connectivity index (χ4v) is 1.85. The summed E-state index contributed by atoms with van der Waals surface area (Å²) in [6.07, 6.45) is 3.86. The zero-order valence-electron chi connectivity index (χ0n) is 8.76. The van der Waals surface area contributed by atoms with Crippen molar-refractivity contribution in [3.63, 3.8) is 0 Å². The molecule has 1 rings (SSSR count). The third kappa shape index (κ3) is 2.61. The minimum Gasteiger partial charge on any atom is -0.341 e. The van der Waals surface area contributed by atoms with E-state index in [0.717, 1.165) is 0 Å². The van der Waals surface area contributed by atoms with Gasteiger partial charge in [-0.3, -0.25) is 0 Å². The molecule has 2 N–H and O–H groups in total. The molecule has 3 heteroatoms. The Kier molecular flexibility index (Phi) is 3.58. The monoisotopic (exact) mass is 184 g/mol. The van der Waals surface area contributed by atoms with Crippen molar-refractivity contribution in [2.24, 2.45) is 11.8 Å². The first kappa shape index (κ1) is 10.4. The standard InChI is InChI=1S/C10H20N2O/c1-7(2)9(8-5-4-6-8)12-10(13)11-3/h7-9H,4-6H2,1-3H3,(H2,11,12,13). The minimum atomic E-state index is -0.0504. The van der Waals surface area contributed by atoms with Crippen LogP contribution in [0.3, 0.4) is 0 Å². The molecule has 0 aromatic heterocycles. The molecule has 1 aliphatic rings. The van der Waals surface area contributed by atoms with Gasteiger partial charge in [0, 0.05) is 13.1 Å². The van der Waals surface area contributed by atoms with E-state index in [1.165, 1.54) is 19.3 Å². The van der Waals surface area contributed by atoms with Crippen LogP contribution in [0.4, 0.5) is 4.79 Å². The van der Waals surface area contributed by atoms with Gasteiger partial charge >= 0.3 is 6.03 Å². The van der Waals surface area contributed by atoms with Crippen LogP contribution in [-0.4, -0.2) is 19.1 Å². The molecule has 1 unspecified atom stereocenters. The first-order valence-electron chi connectivity index (χ1n) is 5.13. The lowest BCUT2D eigenvalue weighted by atomic mass is 9.76. The van der Waals surface area contributed by atoms with Gasteiger partial charge < -0.3 is 10.6 Å². The van der Waals surface area contributed by atoms with E-state index in [4.69, 9.17) is 0 Å². The smallest absolute Gasteiger partial charge is 0.314 e. The Bertz CT molecular complexity index is 176. The third-order valence-corrected chi connectivity index (χ3v) is 2.90. The summed E-state index contributed by atoms with van der Waals surface area (Å²) in [5, 5.41) is 5.62. The summed E-state index contributed by atoms with van der Waals surface area (Å²) in [5.41, 5.74) is 0. The second-order valence-corrected chi connectivity index (χ2v) is 4.18. The number of amides is 2. The second kappa shape index (κ2) is 4.49. The molecule has 0 bridgehead atoms. The Morgan fingerprint density at radius 3 is 2.31 bits per heavy atom. The molecule has 76 valence electrons. The molecule has 0 aliphatic heterocycles. The van der Waals surface area contributed by atoms with Gasteiger partial charge in [-0.15, -0.1) is 0 Å². The SMILES string of the molecule is CNC(=O)NC(C(C)C)C1CCC1. The van der Waals surface area contributed by atoms with Gasteiger partial charge in [0.05, 0.1) is 0 Å². The van der Waals surface area contributed by atoms with Crippen LogP contribution in [0, 0.1) is 11.8 Å². The molecule has 0 aromatic carbocycles. The summed E-state index contributed by atoms with van der Waals surface area (Å²) in [4.78, 5) is 11.1. The van der Waals surface area contributed by atoms with Crippen molar-refractivity contribution in [2.45, 2.75) is 39.2 Å². The molecular formula is C10H20N2O. The zero-order valence-corrected chi connectivity index (χ0v) is 8.76. The number of hydrogen-bond donors (Lipinski definition) is 2. The number of urea groups is 1. The van der Waals surface area contributed by atoms with Gasteiger partial charge in [0.1, 0.15) is 0 Å². The lowest BCUT2D eigenvalue weighted by molar-refractivity contribution is 0.182. The molecule has 0 aromatic rings. The minimum absolute atomic E-state index is 0.0504. The van der Waals surface area contributed by atoms with Gasteiger partial charge in [-0.05, 0) is 24.7 Å². The van der Waals surface area contributed by atoms with E-state index in [9.17, 15) is 4.79 Å². The van der Waals surface area contributed by atoms with Crippen molar-refractivity contribution in [1.82, 2.24) is 10.6 Å². The molecule has 13 heavy (non-hydrogen) atoms. The Morgan fingerprint density at radius 1 is 1.38 bits per heavy atom. The van der Waals surface area contributed by atoms with Crippen LogP contribution in [0.1, 0.15) is 33.1 Å². The van der Waals surface area contributed by atoms with Crippen LogP contribution >= 0.6 is 0 Å². The van der Waals surface area contributed by atoms with Crippen molar-refractivity contribution in [2.75, 3.05) is 7.05 Å². The van der Waals surface area contributed by atoms with Crippen LogP contribution in [0.5, 0.6) is 0 Å². The fourth-order valence-electron chi connectivity index (χ4n) is 1.85. The Balaban J connectivity index is 2.42. The topological polar surface area (TPSA) is 41.1 Å². The van der Waals surface area contributed by atoms with Crippen molar-refractivity contribution < 1.29 is 4.79 Å². The van der Waals surface area contributed by atoms with Gasteiger partial charge in [-0.1, -0.05) is 20.3 Å². The molecule has 0 spiro atoms. The summed E-state index contributed by atoms with van der Waals surface area (Å²) in [5.74, 6) is 1.24. The molecule has 0 saturated heterocycles. The van der Waals surface area contributed by atoms with Gasteiger partial charge in [0.15, 0.2) is 0 Å². The second-order valence-electron chi connectivity index (χ2n) is 4.18. The number of carbonyl (C=O) groups excluding carboxylic acids is 1. The molecule has 2 amide bonds. The molecule has 1 aliphatic carbocycles. The van der Waals surface area contributed by atoms with Gasteiger partial charge in [0.2, 0.25) is 0 Å². The van der Waals surface area contributed by atoms with Crippen LogP contribution in [0.15, 0.2) is 0 Å². The van der Waals surface area contributed by atoms with E-state index in [2.05, 4.69) is 24.5 Å². The van der Waals surface area contributed by atoms with E-state index in [1.54, 1.807) is 7.05 Å². The van der Waals surface area contributed by atoms with Crippen LogP contribution in [-0.2, 0) is 0 Å². The van der Waals surface area contributed by atoms with E-state index in [1.807, 2.05) is 0 Å². The Labute approximate surface area is 80.3 Å². The van der Waals surface area contributed by atoms with Gasteiger partial charge in [-0.25, -0.2) is 4.79 Å². The summed E-state index contributed by atoms with van der Waals surface area (Å²) in [6, 6.07) is 0.305. The summed E-state index contributed by atoms with van der Waals surface area (Å²) < 4.78 is 0. The van der Waals surface area contributed by atoms with Crippen molar-refractivity contribution in [3.8, 4) is 0 Å². The first-order valence-corrected chi connectivity index (χ1v) is 5.13. The maximum Gasteiger partial charge on any atom is 0.314 e. The highest BCUT2D eigenvalue weighted by atomic mass is 16.2. The predicted molar refractivity (Wildman–Crippen MR) is 53.6 cm³/mol. The molecule has 1 saturated carbocycles. The molecule has 1 atom stereocenters. The summed E-state index contributed by atoms with van der Waals surface area (Å²) in [7, 11) is 1.66. The average molecular weight is 184 g/mol. The number of rotatable bonds is 3. The normalized spacial score (nSPS) is 19.4. The van der Waals surface area contributed by atoms with Gasteiger partial charge in [0.25, 0.3) is 0 Å². The van der Waals surface area contributed by atoms with Crippen molar-refractivity contribution in [1.29, 1.82) is 0 Å². The average Bonchev–Trinajstić information content (AvgIpc) is 1.99. The highest BCUT2D eigenvalue weighted by molar-refractivity contribution is 5.73. The maximum atomic E-state index is 11.1. The molecule has 0 heterocycles. The lowest BCUT2D eigenvalue weighted by Gasteiger charge is -2.36. The van der Waals surface area contributed by atoms with Crippen LogP contribution < -0.4 is 10.6 Å². The van der Waals surface area contributed by atoms with Crippen molar-refractivity contribution in [3.05, 3.63) is 0 Å². The predicted octanol–water partition coefficient (Wildman–Crippen LogP) is 1.74. The Hall–Kier alpha value is -0.730. The van der Waals surface area contributed by atoms with E-state index >= 15 is 0 Å². The highest BCUT2D eigenvalue weighted by Gasteiger charge is 2.30. The number of carbonyl (C=O) groups is 1. The first-order chi connectivity index (χ1) is 6.15. The quantitative estimate of drug-likeness (QED) is 0.689. The van der Waals surface area contributed by atoms with Crippen molar-refractivity contribution >= 4 is 6.03 Å². The molecular weight excluding hydrogens is 164 g/mol. The third-order valence-electron chi connectivity index (χ3n) is 2.90. The largest absolute Gasteiger partial charge is 0.341 e. The van der Waals surface area contributed by atoms with Crippen LogP contribution in [0.2, 0.25) is 0 Å². The lowest BCUT2D eigenvalue weighted by Crippen LogP contribution is -2.49. The highest BCUT2D eigenvalue weighted by Crippen LogP contribution is 2.32. The zero-order chi connectivity index (χ0) is 9.84. The molecule has 3 nitrogen and oxygen atoms in total. The van der Waals surface area contributed by atoms with E-state index in [-0.39, 0.29) is 6.03 Å². The number of nitrogens with one attached hydrogen (secondary N) is 2. The summed E-state index contributed by atoms with van der Waals surface area (Å²) >= 11 is 0.